The minimum absolute atomic E-state index is 0.0390. The van der Waals surface area contributed by atoms with E-state index in [0.717, 1.165) is 10.9 Å². The number of rotatable bonds is 4. The lowest BCUT2D eigenvalue weighted by Gasteiger charge is -2.10. The molecule has 0 aliphatic rings. The van der Waals surface area contributed by atoms with Crippen LogP contribution in [0.4, 0.5) is 11.4 Å². The van der Waals surface area contributed by atoms with Gasteiger partial charge in [-0.3, -0.25) is 14.4 Å². The molecule has 1 heterocycles. The van der Waals surface area contributed by atoms with Crippen LogP contribution in [0.1, 0.15) is 15.9 Å². The third kappa shape index (κ3) is 3.79. The lowest BCUT2D eigenvalue weighted by Crippen LogP contribution is -2.19. The summed E-state index contributed by atoms with van der Waals surface area (Å²) in [6, 6.07) is 13.8. The summed E-state index contributed by atoms with van der Waals surface area (Å²) in [5.74, 6) is -0.578. The van der Waals surface area contributed by atoms with E-state index in [1.165, 1.54) is 6.08 Å². The molecule has 0 spiro atoms. The van der Waals surface area contributed by atoms with E-state index in [1.54, 1.807) is 54.9 Å². The van der Waals surface area contributed by atoms with Gasteiger partial charge in [0.05, 0.1) is 5.52 Å². The second kappa shape index (κ2) is 7.29. The van der Waals surface area contributed by atoms with E-state index < -0.39 is 0 Å². The number of carbonyl (C=O) groups is 2. The van der Waals surface area contributed by atoms with Gasteiger partial charge >= 0.3 is 0 Å². The highest BCUT2D eigenvalue weighted by molar-refractivity contribution is 6.05. The fourth-order valence-electron chi connectivity index (χ4n) is 2.82. The normalized spacial score (nSPS) is 10.4. The van der Waals surface area contributed by atoms with Crippen LogP contribution in [0.5, 0.6) is 0 Å². The molecule has 0 aliphatic carbocycles. The number of hydrogen-bond acceptors (Lipinski definition) is 3. The van der Waals surface area contributed by atoms with Crippen LogP contribution < -0.4 is 16.2 Å². The van der Waals surface area contributed by atoms with Crippen molar-refractivity contribution in [1.82, 2.24) is 4.57 Å². The van der Waals surface area contributed by atoms with E-state index in [4.69, 9.17) is 0 Å². The van der Waals surface area contributed by atoms with Crippen LogP contribution in [-0.2, 0) is 11.8 Å². The molecule has 0 radical (unpaired) electrons. The van der Waals surface area contributed by atoms with Gasteiger partial charge in [0, 0.05) is 34.9 Å². The number of aromatic nitrogens is 1. The third-order valence-corrected chi connectivity index (χ3v) is 4.26. The van der Waals surface area contributed by atoms with Crippen LogP contribution in [-0.4, -0.2) is 16.4 Å². The Bertz CT molecular complexity index is 1110. The number of nitrogens with zero attached hydrogens (tertiary/aromatic N) is 1. The van der Waals surface area contributed by atoms with Gasteiger partial charge in [0.2, 0.25) is 5.91 Å². The summed E-state index contributed by atoms with van der Waals surface area (Å²) in [6.45, 7) is 5.16. The highest BCUT2D eigenvalue weighted by Gasteiger charge is 2.09. The molecule has 2 N–H and O–H groups in total. The molecule has 2 aromatic carbocycles. The molecule has 0 saturated carbocycles. The second-order valence-corrected chi connectivity index (χ2v) is 6.19. The van der Waals surface area contributed by atoms with Gasteiger partial charge in [0.25, 0.3) is 11.5 Å². The number of benzene rings is 2. The molecule has 3 aromatic rings. The SMILES string of the molecule is C=CC(=O)Nc1ccc(C(=O)Nc2ccc3c(c2)cc(C)c(=O)n3C)cc1. The summed E-state index contributed by atoms with van der Waals surface area (Å²) in [5, 5.41) is 6.34. The first-order valence-electron chi connectivity index (χ1n) is 8.34. The summed E-state index contributed by atoms with van der Waals surface area (Å²) < 4.78 is 1.59. The van der Waals surface area contributed by atoms with Crippen LogP contribution in [0.15, 0.2) is 66.0 Å². The zero-order valence-electron chi connectivity index (χ0n) is 15.1. The Kier molecular flexibility index (Phi) is 4.90. The van der Waals surface area contributed by atoms with Gasteiger partial charge in [-0.05, 0) is 61.5 Å². The Morgan fingerprint density at radius 2 is 1.67 bits per heavy atom. The highest BCUT2D eigenvalue weighted by atomic mass is 16.2. The second-order valence-electron chi connectivity index (χ2n) is 6.19. The summed E-state index contributed by atoms with van der Waals surface area (Å²) in [7, 11) is 1.72. The van der Waals surface area contributed by atoms with Gasteiger partial charge in [-0.15, -0.1) is 0 Å². The lowest BCUT2D eigenvalue weighted by atomic mass is 10.1. The van der Waals surface area contributed by atoms with Crippen LogP contribution in [0.2, 0.25) is 0 Å². The van der Waals surface area contributed by atoms with Crippen molar-refractivity contribution in [3.63, 3.8) is 0 Å². The van der Waals surface area contributed by atoms with Crippen molar-refractivity contribution in [2.24, 2.45) is 7.05 Å². The molecule has 0 atom stereocenters. The van der Waals surface area contributed by atoms with Crippen molar-refractivity contribution in [3.05, 3.63) is 82.7 Å². The molecule has 0 saturated heterocycles. The maximum atomic E-state index is 12.5. The molecule has 1 aromatic heterocycles. The molecule has 136 valence electrons. The number of fused-ring (bicyclic) bond motifs is 1. The Balaban J connectivity index is 1.81. The van der Waals surface area contributed by atoms with Crippen LogP contribution in [0.3, 0.4) is 0 Å². The Morgan fingerprint density at radius 1 is 1.00 bits per heavy atom. The number of hydrogen-bond donors (Lipinski definition) is 2. The number of aryl methyl sites for hydroxylation is 2. The van der Waals surface area contributed by atoms with Gasteiger partial charge in [-0.2, -0.15) is 0 Å². The first kappa shape index (κ1) is 18.1. The molecule has 3 rings (SSSR count). The average molecular weight is 361 g/mol. The molecule has 0 aliphatic heterocycles. The van der Waals surface area contributed by atoms with Crippen molar-refractivity contribution < 1.29 is 9.59 Å². The molecule has 2 amide bonds. The molecule has 6 heteroatoms. The summed E-state index contributed by atoms with van der Waals surface area (Å²) in [5.41, 5.74) is 3.08. The Labute approximate surface area is 156 Å². The number of nitrogens with one attached hydrogen (secondary N) is 2. The molecule has 27 heavy (non-hydrogen) atoms. The van der Waals surface area contributed by atoms with Crippen molar-refractivity contribution >= 4 is 34.1 Å². The smallest absolute Gasteiger partial charge is 0.255 e. The average Bonchev–Trinajstić information content (AvgIpc) is 2.66. The first-order chi connectivity index (χ1) is 12.9. The number of anilines is 2. The third-order valence-electron chi connectivity index (χ3n) is 4.26. The number of carbonyl (C=O) groups excluding carboxylic acids is 2. The summed E-state index contributed by atoms with van der Waals surface area (Å²) in [4.78, 5) is 35.8. The van der Waals surface area contributed by atoms with Gasteiger partial charge in [0.1, 0.15) is 0 Å². The fourth-order valence-corrected chi connectivity index (χ4v) is 2.82. The highest BCUT2D eigenvalue weighted by Crippen LogP contribution is 2.19. The van der Waals surface area contributed by atoms with Gasteiger partial charge in [0.15, 0.2) is 0 Å². The maximum Gasteiger partial charge on any atom is 0.255 e. The van der Waals surface area contributed by atoms with E-state index in [0.29, 0.717) is 22.5 Å². The van der Waals surface area contributed by atoms with Crippen LogP contribution in [0.25, 0.3) is 10.9 Å². The zero-order valence-corrected chi connectivity index (χ0v) is 15.1. The molecule has 6 nitrogen and oxygen atoms in total. The van der Waals surface area contributed by atoms with E-state index in [-0.39, 0.29) is 17.4 Å². The fraction of sp³-hybridized carbons (Fsp3) is 0.0952. The molecule has 0 fully saturated rings. The van der Waals surface area contributed by atoms with Crippen LogP contribution >= 0.6 is 0 Å². The van der Waals surface area contributed by atoms with Gasteiger partial charge < -0.3 is 15.2 Å². The van der Waals surface area contributed by atoms with E-state index >= 15 is 0 Å². The van der Waals surface area contributed by atoms with E-state index in [9.17, 15) is 14.4 Å². The van der Waals surface area contributed by atoms with Crippen molar-refractivity contribution in [1.29, 1.82) is 0 Å². The van der Waals surface area contributed by atoms with Crippen LogP contribution in [0, 0.1) is 6.92 Å². The number of amides is 2. The summed E-state index contributed by atoms with van der Waals surface area (Å²) >= 11 is 0. The largest absolute Gasteiger partial charge is 0.323 e. The number of pyridine rings is 1. The molecular formula is C21H19N3O3. The molecule has 0 bridgehead atoms. The minimum Gasteiger partial charge on any atom is -0.323 e. The Morgan fingerprint density at radius 3 is 2.33 bits per heavy atom. The van der Waals surface area contributed by atoms with E-state index in [1.807, 2.05) is 12.1 Å². The lowest BCUT2D eigenvalue weighted by molar-refractivity contribution is -0.111. The maximum absolute atomic E-state index is 12.5. The summed E-state index contributed by atoms with van der Waals surface area (Å²) in [6.07, 6.45) is 1.18. The Hall–Kier alpha value is -3.67. The molecule has 0 unspecified atom stereocenters. The van der Waals surface area contributed by atoms with E-state index in [2.05, 4.69) is 17.2 Å². The predicted molar refractivity (Wildman–Crippen MR) is 107 cm³/mol. The molecular weight excluding hydrogens is 342 g/mol. The van der Waals surface area contributed by atoms with Gasteiger partial charge in [-0.1, -0.05) is 6.58 Å². The van der Waals surface area contributed by atoms with Crippen molar-refractivity contribution in [3.8, 4) is 0 Å². The zero-order chi connectivity index (χ0) is 19.6. The first-order valence-corrected chi connectivity index (χ1v) is 8.34. The topological polar surface area (TPSA) is 80.2 Å². The van der Waals surface area contributed by atoms with Crippen molar-refractivity contribution in [2.45, 2.75) is 6.92 Å². The quantitative estimate of drug-likeness (QED) is 0.700. The standard InChI is InChI=1S/C21H19N3O3/c1-4-19(25)22-16-7-5-14(6-8-16)20(26)23-17-9-10-18-15(12-17)11-13(2)21(27)24(18)3/h4-12H,1H2,2-3H3,(H,22,25)(H,23,26). The van der Waals surface area contributed by atoms with Crippen molar-refractivity contribution in [2.75, 3.05) is 10.6 Å². The van der Waals surface area contributed by atoms with Gasteiger partial charge in [-0.25, -0.2) is 0 Å². The predicted octanol–water partition coefficient (Wildman–Crippen LogP) is 3.22. The monoisotopic (exact) mass is 361 g/mol. The minimum atomic E-state index is -0.312.